The van der Waals surface area contributed by atoms with Crippen LogP contribution in [0.2, 0.25) is 0 Å². The van der Waals surface area contributed by atoms with Gasteiger partial charge in [0.1, 0.15) is 12.6 Å². The van der Waals surface area contributed by atoms with Gasteiger partial charge in [-0.3, -0.25) is 9.59 Å². The summed E-state index contributed by atoms with van der Waals surface area (Å²) in [4.78, 5) is 34.3. The van der Waals surface area contributed by atoms with Crippen molar-refractivity contribution < 1.29 is 19.1 Å². The van der Waals surface area contributed by atoms with Crippen LogP contribution in [0.25, 0.3) is 10.9 Å². The zero-order valence-corrected chi connectivity index (χ0v) is 18.8. The highest BCUT2D eigenvalue weighted by atomic mass is 16.5. The van der Waals surface area contributed by atoms with Crippen molar-refractivity contribution in [3.63, 3.8) is 0 Å². The van der Waals surface area contributed by atoms with Crippen LogP contribution in [0.1, 0.15) is 42.6 Å². The molecule has 3 aromatic rings. The summed E-state index contributed by atoms with van der Waals surface area (Å²) in [7, 11) is 1.61. The van der Waals surface area contributed by atoms with Crippen LogP contribution in [0.15, 0.2) is 42.5 Å². The number of aromatic amines is 1. The Morgan fingerprint density at radius 1 is 1.09 bits per heavy atom. The van der Waals surface area contributed by atoms with Gasteiger partial charge in [-0.1, -0.05) is 24.3 Å². The van der Waals surface area contributed by atoms with Crippen molar-refractivity contribution in [2.24, 2.45) is 0 Å². The maximum atomic E-state index is 13.6. The third-order valence-corrected chi connectivity index (χ3v) is 7.08. The van der Waals surface area contributed by atoms with Gasteiger partial charge in [-0.15, -0.1) is 0 Å². The number of carbonyl (C=O) groups is 2. The molecule has 3 heterocycles. The van der Waals surface area contributed by atoms with Gasteiger partial charge in [0.05, 0.1) is 19.8 Å². The van der Waals surface area contributed by atoms with Crippen LogP contribution in [0.3, 0.4) is 0 Å². The quantitative estimate of drug-likeness (QED) is 0.653. The van der Waals surface area contributed by atoms with Crippen LogP contribution < -0.4 is 9.47 Å². The van der Waals surface area contributed by atoms with Crippen molar-refractivity contribution in [1.82, 2.24) is 14.8 Å². The topological polar surface area (TPSA) is 74.9 Å². The van der Waals surface area contributed by atoms with Crippen LogP contribution in [-0.4, -0.2) is 58.9 Å². The molecule has 33 heavy (non-hydrogen) atoms. The number of benzene rings is 2. The Hall–Kier alpha value is -3.48. The van der Waals surface area contributed by atoms with E-state index in [0.29, 0.717) is 24.5 Å². The van der Waals surface area contributed by atoms with Gasteiger partial charge in [0.2, 0.25) is 11.8 Å². The number of methoxy groups -OCH3 is 1. The lowest BCUT2D eigenvalue weighted by Gasteiger charge is -2.47. The van der Waals surface area contributed by atoms with Crippen molar-refractivity contribution in [3.8, 4) is 11.5 Å². The fourth-order valence-electron chi connectivity index (χ4n) is 5.46. The molecular weight excluding hydrogens is 418 g/mol. The minimum atomic E-state index is -0.499. The maximum absolute atomic E-state index is 13.6. The van der Waals surface area contributed by atoms with E-state index in [1.54, 1.807) is 16.9 Å². The average molecular weight is 446 g/mol. The van der Waals surface area contributed by atoms with Crippen LogP contribution in [-0.2, 0) is 16.0 Å². The Kier molecular flexibility index (Phi) is 4.60. The number of piperazine rings is 1. The Morgan fingerprint density at radius 3 is 2.67 bits per heavy atom. The summed E-state index contributed by atoms with van der Waals surface area (Å²) in [6.45, 7) is 2.61. The molecule has 1 aliphatic carbocycles. The summed E-state index contributed by atoms with van der Waals surface area (Å²) in [5, 5.41) is 1.11. The number of nitrogens with zero attached hydrogens (tertiary/aromatic N) is 2. The Morgan fingerprint density at radius 2 is 1.91 bits per heavy atom. The van der Waals surface area contributed by atoms with E-state index in [4.69, 9.17) is 9.47 Å². The molecule has 7 heteroatoms. The van der Waals surface area contributed by atoms with E-state index in [1.807, 2.05) is 43.3 Å². The number of amides is 2. The summed E-state index contributed by atoms with van der Waals surface area (Å²) >= 11 is 0. The first-order valence-electron chi connectivity index (χ1n) is 11.6. The van der Waals surface area contributed by atoms with Crippen LogP contribution in [0, 0.1) is 0 Å². The normalized spacial score (nSPS) is 22.4. The summed E-state index contributed by atoms with van der Waals surface area (Å²) in [6, 6.07) is 13.3. The summed E-state index contributed by atoms with van der Waals surface area (Å²) < 4.78 is 11.3. The number of hydrogen-bond acceptors (Lipinski definition) is 4. The molecule has 1 saturated heterocycles. The molecule has 1 N–H and O–H groups in total. The van der Waals surface area contributed by atoms with Crippen LogP contribution in [0.4, 0.5) is 0 Å². The number of ether oxygens (including phenoxy) is 2. The Balaban J connectivity index is 1.53. The molecule has 2 atom stereocenters. The first kappa shape index (κ1) is 20.1. The van der Waals surface area contributed by atoms with Crippen molar-refractivity contribution in [1.29, 1.82) is 0 Å². The third-order valence-electron chi connectivity index (χ3n) is 7.08. The Labute approximate surface area is 192 Å². The lowest BCUT2D eigenvalue weighted by atomic mass is 9.86. The second-order valence-corrected chi connectivity index (χ2v) is 9.03. The molecule has 1 aromatic heterocycles. The second kappa shape index (κ2) is 7.54. The number of rotatable bonds is 5. The van der Waals surface area contributed by atoms with E-state index in [1.165, 1.54) is 0 Å². The van der Waals surface area contributed by atoms with Crippen LogP contribution >= 0.6 is 0 Å². The van der Waals surface area contributed by atoms with E-state index in [-0.39, 0.29) is 24.4 Å². The van der Waals surface area contributed by atoms with Gasteiger partial charge >= 0.3 is 0 Å². The highest BCUT2D eigenvalue weighted by molar-refractivity contribution is 5.98. The monoisotopic (exact) mass is 445 g/mol. The molecule has 0 bridgehead atoms. The van der Waals surface area contributed by atoms with Gasteiger partial charge in [-0.25, -0.2) is 0 Å². The van der Waals surface area contributed by atoms with Crippen molar-refractivity contribution in [3.05, 3.63) is 59.3 Å². The van der Waals surface area contributed by atoms with E-state index in [0.717, 1.165) is 40.6 Å². The zero-order chi connectivity index (χ0) is 22.7. The number of aromatic nitrogens is 1. The molecule has 0 radical (unpaired) electrons. The van der Waals surface area contributed by atoms with Gasteiger partial charge < -0.3 is 24.3 Å². The van der Waals surface area contributed by atoms with Gasteiger partial charge in [0, 0.05) is 29.1 Å². The first-order valence-corrected chi connectivity index (χ1v) is 11.6. The van der Waals surface area contributed by atoms with Crippen molar-refractivity contribution in [2.75, 3.05) is 20.3 Å². The smallest absolute Gasteiger partial charge is 0.246 e. The van der Waals surface area contributed by atoms with Crippen molar-refractivity contribution >= 4 is 22.7 Å². The SMILES string of the molecule is CCOc1ccc([C@@H]2c3[nH]c4ccccc4c3C[C@H]3C(=O)N(C4CC4)CC(=O)N23)cc1OC. The predicted molar refractivity (Wildman–Crippen MR) is 123 cm³/mol. The van der Waals surface area contributed by atoms with Crippen molar-refractivity contribution in [2.45, 2.75) is 44.3 Å². The van der Waals surface area contributed by atoms with Crippen LogP contribution in [0.5, 0.6) is 11.5 Å². The minimum absolute atomic E-state index is 0.00587. The third kappa shape index (κ3) is 3.09. The van der Waals surface area contributed by atoms with E-state index in [2.05, 4.69) is 11.1 Å². The van der Waals surface area contributed by atoms with Gasteiger partial charge in [-0.05, 0) is 49.1 Å². The second-order valence-electron chi connectivity index (χ2n) is 9.03. The van der Waals surface area contributed by atoms with Gasteiger partial charge in [0.25, 0.3) is 0 Å². The molecule has 2 fully saturated rings. The zero-order valence-electron chi connectivity index (χ0n) is 18.8. The van der Waals surface area contributed by atoms with Gasteiger partial charge in [0.15, 0.2) is 11.5 Å². The van der Waals surface area contributed by atoms with E-state index < -0.39 is 12.1 Å². The molecule has 0 spiro atoms. The molecule has 2 amide bonds. The highest BCUT2D eigenvalue weighted by Crippen LogP contribution is 2.45. The number of para-hydroxylation sites is 1. The molecule has 2 aliphatic heterocycles. The lowest BCUT2D eigenvalue weighted by Crippen LogP contribution is -2.63. The maximum Gasteiger partial charge on any atom is 0.246 e. The molecule has 1 saturated carbocycles. The number of hydrogen-bond donors (Lipinski definition) is 1. The molecule has 3 aliphatic rings. The molecular formula is C26H27N3O4. The fraction of sp³-hybridized carbons (Fsp3) is 0.385. The number of H-pyrrole nitrogens is 1. The molecule has 6 rings (SSSR count). The van der Waals surface area contributed by atoms with E-state index >= 15 is 0 Å². The molecule has 7 nitrogen and oxygen atoms in total. The summed E-state index contributed by atoms with van der Waals surface area (Å²) in [5.41, 5.74) is 4.00. The van der Waals surface area contributed by atoms with Gasteiger partial charge in [-0.2, -0.15) is 0 Å². The number of fused-ring (bicyclic) bond motifs is 4. The van der Waals surface area contributed by atoms with E-state index in [9.17, 15) is 9.59 Å². The number of nitrogens with one attached hydrogen (secondary N) is 1. The molecule has 2 aromatic carbocycles. The minimum Gasteiger partial charge on any atom is -0.493 e. The largest absolute Gasteiger partial charge is 0.493 e. The summed E-state index contributed by atoms with van der Waals surface area (Å²) in [5.74, 6) is 1.34. The molecule has 0 unspecified atom stereocenters. The predicted octanol–water partition coefficient (Wildman–Crippen LogP) is 3.42. The number of carbonyl (C=O) groups excluding carboxylic acids is 2. The standard InChI is InChI=1S/C26H27N3O4/c1-3-33-21-11-8-15(12-22(21)32-2)25-24-18(17-6-4-5-7-19(17)27-24)13-20-26(31)28(16-9-10-16)14-23(30)29(20)25/h4-8,11-12,16,20,25,27H,3,9-10,13-14H2,1-2H3/t20-,25+/m0/s1. The first-order chi connectivity index (χ1) is 16.1. The summed E-state index contributed by atoms with van der Waals surface area (Å²) in [6.07, 6.45) is 2.50. The lowest BCUT2D eigenvalue weighted by molar-refractivity contribution is -0.159. The highest BCUT2D eigenvalue weighted by Gasteiger charge is 2.50. The Bertz CT molecular complexity index is 1260. The fourth-order valence-corrected chi connectivity index (χ4v) is 5.46. The average Bonchev–Trinajstić information content (AvgIpc) is 3.61. The molecule has 170 valence electrons.